The van der Waals surface area contributed by atoms with E-state index in [0.29, 0.717) is 11.0 Å². The fourth-order valence-corrected chi connectivity index (χ4v) is 2.07. The monoisotopic (exact) mass is 213 g/mol. The molecule has 0 aromatic heterocycles. The fourth-order valence-electron chi connectivity index (χ4n) is 2.07. The highest BCUT2D eigenvalue weighted by atomic mass is 15.2. The molecule has 0 saturated carbocycles. The largest absolute Gasteiger partial charge is 0.298 e. The molecule has 0 aromatic carbocycles. The fraction of sp³-hybridized carbons (Fsp3) is 1.00. The minimum Gasteiger partial charge on any atom is -0.298 e. The zero-order valence-corrected chi connectivity index (χ0v) is 12.0. The number of piperidine rings is 1. The number of hydrogen-bond acceptors (Lipinski definition) is 1. The quantitative estimate of drug-likeness (QED) is 0.627. The first-order chi connectivity index (χ1) is 6.87. The van der Waals surface area contributed by atoms with E-state index in [-0.39, 0.29) is 0 Å². The van der Waals surface area contributed by atoms with Crippen molar-refractivity contribution in [1.29, 1.82) is 0 Å². The highest BCUT2D eigenvalue weighted by molar-refractivity contribution is 4.86. The second-order valence-electron chi connectivity index (χ2n) is 5.82. The van der Waals surface area contributed by atoms with Crippen LogP contribution in [0.5, 0.6) is 0 Å². The Morgan fingerprint density at radius 1 is 1.07 bits per heavy atom. The molecule has 1 rings (SSSR count). The van der Waals surface area contributed by atoms with Gasteiger partial charge in [0.25, 0.3) is 0 Å². The maximum absolute atomic E-state index is 2.62. The van der Waals surface area contributed by atoms with Gasteiger partial charge in [-0.25, -0.2) is 0 Å². The van der Waals surface area contributed by atoms with Crippen molar-refractivity contribution in [2.75, 3.05) is 13.1 Å². The van der Waals surface area contributed by atoms with Crippen molar-refractivity contribution in [3.05, 3.63) is 0 Å². The number of hydrogen-bond donors (Lipinski definition) is 0. The Hall–Kier alpha value is -0.0400. The summed E-state index contributed by atoms with van der Waals surface area (Å²) in [6.45, 7) is 18.3. The van der Waals surface area contributed by atoms with E-state index in [2.05, 4.69) is 39.5 Å². The zero-order chi connectivity index (χ0) is 12.1. The van der Waals surface area contributed by atoms with Crippen molar-refractivity contribution < 1.29 is 0 Å². The van der Waals surface area contributed by atoms with Crippen LogP contribution in [0.3, 0.4) is 0 Å². The molecule has 0 N–H and O–H groups in total. The summed E-state index contributed by atoms with van der Waals surface area (Å²) in [5.74, 6) is 0. The third-order valence-corrected chi connectivity index (χ3v) is 3.77. The van der Waals surface area contributed by atoms with Crippen LogP contribution in [0.15, 0.2) is 0 Å². The predicted octanol–water partition coefficient (Wildman–Crippen LogP) is 4.32. The summed E-state index contributed by atoms with van der Waals surface area (Å²) in [5, 5.41) is 0. The van der Waals surface area contributed by atoms with Gasteiger partial charge in [0.1, 0.15) is 0 Å². The highest BCUT2D eigenvalue weighted by Gasteiger charge is 2.32. The lowest BCUT2D eigenvalue weighted by molar-refractivity contribution is 0.0492. The maximum atomic E-state index is 2.62. The Morgan fingerprint density at radius 3 is 1.73 bits per heavy atom. The minimum absolute atomic E-state index is 0.370. The first-order valence-corrected chi connectivity index (χ1v) is 6.62. The number of likely N-dealkylation sites (tertiary alicyclic amines) is 1. The van der Waals surface area contributed by atoms with E-state index in [1.165, 1.54) is 32.4 Å². The molecule has 0 aliphatic carbocycles. The third kappa shape index (κ3) is 4.55. The summed E-state index contributed by atoms with van der Waals surface area (Å²) >= 11 is 0. The van der Waals surface area contributed by atoms with Gasteiger partial charge in [-0.3, -0.25) is 4.90 Å². The van der Waals surface area contributed by atoms with Crippen LogP contribution in [0, 0.1) is 5.41 Å². The average molecular weight is 213 g/mol. The summed E-state index contributed by atoms with van der Waals surface area (Å²) in [6.07, 6.45) is 4.09. The SMILES string of the molecule is CC.CCC1(C)CCN(C(C)(C)C)CC1. The summed E-state index contributed by atoms with van der Waals surface area (Å²) in [5.41, 5.74) is 0.997. The normalized spacial score (nSPS) is 21.8. The molecule has 0 bridgehead atoms. The summed E-state index contributed by atoms with van der Waals surface area (Å²) in [6, 6.07) is 0. The van der Waals surface area contributed by atoms with E-state index in [1.54, 1.807) is 0 Å². The van der Waals surface area contributed by atoms with E-state index in [9.17, 15) is 0 Å². The van der Waals surface area contributed by atoms with Crippen molar-refractivity contribution in [2.24, 2.45) is 5.41 Å². The molecule has 0 radical (unpaired) electrons. The van der Waals surface area contributed by atoms with Crippen molar-refractivity contribution in [3.63, 3.8) is 0 Å². The molecular formula is C14H31N. The van der Waals surface area contributed by atoms with Gasteiger partial charge in [-0.15, -0.1) is 0 Å². The van der Waals surface area contributed by atoms with E-state index in [4.69, 9.17) is 0 Å². The zero-order valence-electron chi connectivity index (χ0n) is 12.0. The maximum Gasteiger partial charge on any atom is 0.0125 e. The Bertz CT molecular complexity index is 159. The Morgan fingerprint density at radius 2 is 1.47 bits per heavy atom. The van der Waals surface area contributed by atoms with Crippen molar-refractivity contribution in [2.45, 2.75) is 73.3 Å². The first kappa shape index (κ1) is 15.0. The van der Waals surface area contributed by atoms with Crippen LogP contribution < -0.4 is 0 Å². The van der Waals surface area contributed by atoms with Crippen molar-refractivity contribution >= 4 is 0 Å². The van der Waals surface area contributed by atoms with Gasteiger partial charge in [-0.1, -0.05) is 34.1 Å². The molecular weight excluding hydrogens is 182 g/mol. The molecule has 0 spiro atoms. The van der Waals surface area contributed by atoms with Crippen molar-refractivity contribution in [1.82, 2.24) is 4.90 Å². The molecule has 1 heterocycles. The van der Waals surface area contributed by atoms with E-state index >= 15 is 0 Å². The first-order valence-electron chi connectivity index (χ1n) is 6.62. The summed E-state index contributed by atoms with van der Waals surface area (Å²) < 4.78 is 0. The Kier molecular flexibility index (Phi) is 5.87. The van der Waals surface area contributed by atoms with Crippen LogP contribution >= 0.6 is 0 Å². The van der Waals surface area contributed by atoms with Gasteiger partial charge in [0.05, 0.1) is 0 Å². The van der Waals surface area contributed by atoms with Gasteiger partial charge in [-0.2, -0.15) is 0 Å². The molecule has 92 valence electrons. The van der Waals surface area contributed by atoms with Gasteiger partial charge in [0, 0.05) is 5.54 Å². The van der Waals surface area contributed by atoms with Crippen LogP contribution in [0.25, 0.3) is 0 Å². The lowest BCUT2D eigenvalue weighted by Crippen LogP contribution is -2.48. The average Bonchev–Trinajstić information content (AvgIpc) is 2.20. The highest BCUT2D eigenvalue weighted by Crippen LogP contribution is 2.35. The molecule has 1 nitrogen and oxygen atoms in total. The van der Waals surface area contributed by atoms with Crippen LogP contribution in [0.4, 0.5) is 0 Å². The number of rotatable bonds is 1. The van der Waals surface area contributed by atoms with Gasteiger partial charge in [0.15, 0.2) is 0 Å². The van der Waals surface area contributed by atoms with Crippen LogP contribution in [0.2, 0.25) is 0 Å². The summed E-state index contributed by atoms with van der Waals surface area (Å²) in [7, 11) is 0. The molecule has 1 aliphatic heterocycles. The van der Waals surface area contributed by atoms with Crippen LogP contribution in [0.1, 0.15) is 67.7 Å². The molecule has 1 fully saturated rings. The minimum atomic E-state index is 0.370. The van der Waals surface area contributed by atoms with E-state index in [0.717, 1.165) is 0 Å². The van der Waals surface area contributed by atoms with Gasteiger partial charge >= 0.3 is 0 Å². The van der Waals surface area contributed by atoms with Gasteiger partial charge in [-0.05, 0) is 52.1 Å². The number of nitrogens with zero attached hydrogens (tertiary/aromatic N) is 1. The van der Waals surface area contributed by atoms with Gasteiger partial charge < -0.3 is 0 Å². The molecule has 0 amide bonds. The molecule has 0 unspecified atom stereocenters. The molecule has 0 aromatic rings. The van der Waals surface area contributed by atoms with Gasteiger partial charge in [0.2, 0.25) is 0 Å². The Balaban J connectivity index is 0.000000921. The molecule has 1 aliphatic rings. The van der Waals surface area contributed by atoms with E-state index in [1.807, 2.05) is 13.8 Å². The lowest BCUT2D eigenvalue weighted by atomic mass is 9.77. The standard InChI is InChI=1S/C12H25N.C2H6/c1-6-12(5)7-9-13(10-8-12)11(2,3)4;1-2/h6-10H2,1-5H3;1-2H3. The molecule has 1 heteroatoms. The molecule has 1 saturated heterocycles. The summed E-state index contributed by atoms with van der Waals surface area (Å²) in [4.78, 5) is 2.62. The Labute approximate surface area is 97.2 Å². The molecule has 15 heavy (non-hydrogen) atoms. The lowest BCUT2D eigenvalue weighted by Gasteiger charge is -2.45. The topological polar surface area (TPSA) is 3.24 Å². The van der Waals surface area contributed by atoms with Crippen molar-refractivity contribution in [3.8, 4) is 0 Å². The van der Waals surface area contributed by atoms with E-state index < -0.39 is 0 Å². The smallest absolute Gasteiger partial charge is 0.0125 e. The second kappa shape index (κ2) is 5.89. The second-order valence-corrected chi connectivity index (χ2v) is 5.82. The third-order valence-electron chi connectivity index (χ3n) is 3.77. The predicted molar refractivity (Wildman–Crippen MR) is 70.3 cm³/mol. The van der Waals surface area contributed by atoms with Crippen LogP contribution in [-0.2, 0) is 0 Å². The van der Waals surface area contributed by atoms with Crippen LogP contribution in [-0.4, -0.2) is 23.5 Å². The molecule has 0 atom stereocenters.